The van der Waals surface area contributed by atoms with Gasteiger partial charge in [-0.15, -0.1) is 0 Å². The van der Waals surface area contributed by atoms with Crippen LogP contribution < -0.4 is 22.1 Å². The summed E-state index contributed by atoms with van der Waals surface area (Å²) in [4.78, 5) is 55.0. The van der Waals surface area contributed by atoms with Crippen molar-refractivity contribution in [2.75, 3.05) is 19.7 Å². The lowest BCUT2D eigenvalue weighted by atomic mass is 10.0. The number of allylic oxidation sites excluding steroid dienone is 1. The molecule has 2 amide bonds. The second kappa shape index (κ2) is 14.8. The number of hydrogen-bond acceptors (Lipinski definition) is 8. The molecule has 1 unspecified atom stereocenters. The number of hydrogen-bond donors (Lipinski definition) is 4. The van der Waals surface area contributed by atoms with E-state index in [4.69, 9.17) is 16.2 Å². The molecular formula is C26H37N5O5. The molecule has 3 atom stereocenters. The highest BCUT2D eigenvalue weighted by atomic mass is 16.5. The monoisotopic (exact) mass is 499 g/mol. The molecule has 0 heterocycles. The molecule has 10 nitrogen and oxygen atoms in total. The Kier molecular flexibility index (Phi) is 11.8. The third kappa shape index (κ3) is 8.92. The van der Waals surface area contributed by atoms with Crippen LogP contribution in [0.5, 0.6) is 0 Å². The zero-order valence-electron chi connectivity index (χ0n) is 21.0. The molecule has 0 bridgehead atoms. The Balaban J connectivity index is 2.01. The topological polar surface area (TPSA) is 166 Å². The molecule has 36 heavy (non-hydrogen) atoms. The minimum Gasteiger partial charge on any atom is -0.457 e. The quantitative estimate of drug-likeness (QED) is 0.180. The van der Waals surface area contributed by atoms with Crippen LogP contribution in [0.2, 0.25) is 0 Å². The molecule has 1 saturated carbocycles. The van der Waals surface area contributed by atoms with Gasteiger partial charge in [-0.1, -0.05) is 36.8 Å². The molecule has 1 aromatic rings. The summed E-state index contributed by atoms with van der Waals surface area (Å²) < 4.78 is 5.28. The maximum Gasteiger partial charge on any atom is 0.311 e. The summed E-state index contributed by atoms with van der Waals surface area (Å²) in [5, 5.41) is 5.61. The highest BCUT2D eigenvalue weighted by Gasteiger charge is 2.37. The van der Waals surface area contributed by atoms with Crippen molar-refractivity contribution in [1.29, 1.82) is 0 Å². The lowest BCUT2D eigenvalue weighted by Gasteiger charge is -2.24. The van der Waals surface area contributed by atoms with Gasteiger partial charge in [0, 0.05) is 23.8 Å². The van der Waals surface area contributed by atoms with Gasteiger partial charge in [0.15, 0.2) is 12.4 Å². The van der Waals surface area contributed by atoms with Crippen LogP contribution in [0, 0.1) is 5.92 Å². The van der Waals surface area contributed by atoms with Crippen molar-refractivity contribution < 1.29 is 23.9 Å². The number of Topliss-reactive ketones (excluding diaryl/α,β-unsaturated/α-hetero) is 1. The van der Waals surface area contributed by atoms with Gasteiger partial charge in [0.1, 0.15) is 11.8 Å². The molecule has 1 aliphatic carbocycles. The van der Waals surface area contributed by atoms with E-state index in [-0.39, 0.29) is 18.1 Å². The number of esters is 1. The number of amides is 2. The van der Waals surface area contributed by atoms with Crippen LogP contribution in [0.1, 0.15) is 56.3 Å². The lowest BCUT2D eigenvalue weighted by molar-refractivity contribution is -0.148. The number of ketones is 1. The average molecular weight is 500 g/mol. The summed E-state index contributed by atoms with van der Waals surface area (Å²) in [7, 11) is 0. The number of carbonyl (C=O) groups excluding carboxylic acids is 4. The lowest BCUT2D eigenvalue weighted by Crippen LogP contribution is -2.52. The Morgan fingerprint density at radius 3 is 2.56 bits per heavy atom. The average Bonchev–Trinajstić information content (AvgIpc) is 3.32. The number of benzene rings is 1. The van der Waals surface area contributed by atoms with Crippen molar-refractivity contribution >= 4 is 29.3 Å². The van der Waals surface area contributed by atoms with E-state index in [0.717, 1.165) is 6.42 Å². The van der Waals surface area contributed by atoms with Gasteiger partial charge < -0.3 is 26.8 Å². The highest BCUT2D eigenvalue weighted by Crippen LogP contribution is 2.27. The molecule has 1 aromatic carbocycles. The minimum absolute atomic E-state index is 0.133. The van der Waals surface area contributed by atoms with Crippen LogP contribution in [0.4, 0.5) is 0 Å². The molecule has 6 N–H and O–H groups in total. The number of nitrogens with two attached hydrogens (primary N) is 2. The van der Waals surface area contributed by atoms with E-state index in [9.17, 15) is 19.2 Å². The van der Waals surface area contributed by atoms with Crippen LogP contribution in [0.15, 0.2) is 47.1 Å². The van der Waals surface area contributed by atoms with Gasteiger partial charge >= 0.3 is 5.97 Å². The number of nitrogens with one attached hydrogen (secondary N) is 2. The zero-order valence-corrected chi connectivity index (χ0v) is 21.0. The second-order valence-electron chi connectivity index (χ2n) is 8.75. The van der Waals surface area contributed by atoms with E-state index in [1.54, 1.807) is 44.2 Å². The molecule has 10 heteroatoms. The SMILES string of the molecule is CCN=C(/C=C(/C)N)C(=O)N[C@@H](CCCN)C(=O)NC1CCC[C@H]1C(=O)OCC(=O)c1ccccc1. The van der Waals surface area contributed by atoms with E-state index < -0.39 is 35.8 Å². The Labute approximate surface area is 211 Å². The van der Waals surface area contributed by atoms with Gasteiger partial charge in [-0.05, 0) is 52.2 Å². The standard InChI is InChI=1S/C26H37N5O5/c1-3-29-22(15-17(2)28)25(34)31-21(13-8-14-27)24(33)30-20-12-7-11-19(20)26(35)36-16-23(32)18-9-5-4-6-10-18/h4-6,9-10,15,19-21H,3,7-8,11-14,16,27-28H2,1-2H3,(H,30,33)(H,31,34)/b17-15-,29-22?/t19-,20?,21+/m1/s1. The second-order valence-corrected chi connectivity index (χ2v) is 8.75. The fourth-order valence-corrected chi connectivity index (χ4v) is 4.04. The van der Waals surface area contributed by atoms with E-state index in [2.05, 4.69) is 15.6 Å². The molecule has 2 rings (SSSR count). The predicted octanol–water partition coefficient (Wildman–Crippen LogP) is 1.24. The third-order valence-corrected chi connectivity index (χ3v) is 5.83. The first-order chi connectivity index (χ1) is 17.3. The Bertz CT molecular complexity index is 972. The van der Waals surface area contributed by atoms with Gasteiger partial charge in [-0.2, -0.15) is 0 Å². The molecule has 0 saturated heterocycles. The fraction of sp³-hybridized carbons (Fsp3) is 0.500. The summed E-state index contributed by atoms with van der Waals surface area (Å²) in [5.41, 5.74) is 12.3. The van der Waals surface area contributed by atoms with Gasteiger partial charge in [0.2, 0.25) is 5.91 Å². The molecule has 1 aliphatic rings. The van der Waals surface area contributed by atoms with Gasteiger partial charge in [0.25, 0.3) is 5.91 Å². The van der Waals surface area contributed by atoms with E-state index in [1.165, 1.54) is 6.08 Å². The maximum atomic E-state index is 13.1. The van der Waals surface area contributed by atoms with E-state index in [1.807, 2.05) is 0 Å². The summed E-state index contributed by atoms with van der Waals surface area (Å²) >= 11 is 0. The van der Waals surface area contributed by atoms with Gasteiger partial charge in [0.05, 0.1) is 5.92 Å². The van der Waals surface area contributed by atoms with Crippen molar-refractivity contribution in [3.63, 3.8) is 0 Å². The zero-order chi connectivity index (χ0) is 26.5. The van der Waals surface area contributed by atoms with Crippen molar-refractivity contribution in [3.8, 4) is 0 Å². The highest BCUT2D eigenvalue weighted by molar-refractivity contribution is 6.43. The maximum absolute atomic E-state index is 13.1. The van der Waals surface area contributed by atoms with Crippen LogP contribution >= 0.6 is 0 Å². The van der Waals surface area contributed by atoms with Crippen LogP contribution in [0.3, 0.4) is 0 Å². The molecule has 0 aliphatic heterocycles. The summed E-state index contributed by atoms with van der Waals surface area (Å²) in [6.45, 7) is 3.81. The smallest absolute Gasteiger partial charge is 0.311 e. The summed E-state index contributed by atoms with van der Waals surface area (Å²) in [6, 6.07) is 7.28. The fourth-order valence-electron chi connectivity index (χ4n) is 4.04. The summed E-state index contributed by atoms with van der Waals surface area (Å²) in [6.07, 6.45) is 4.15. The predicted molar refractivity (Wildman–Crippen MR) is 137 cm³/mol. The number of aliphatic imine (C=N–C) groups is 1. The minimum atomic E-state index is -0.855. The van der Waals surface area contributed by atoms with Gasteiger partial charge in [-0.3, -0.25) is 24.2 Å². The molecule has 0 spiro atoms. The third-order valence-electron chi connectivity index (χ3n) is 5.83. The number of carbonyl (C=O) groups is 4. The van der Waals surface area contributed by atoms with Crippen molar-refractivity contribution in [2.45, 2.75) is 58.0 Å². The Morgan fingerprint density at radius 2 is 1.92 bits per heavy atom. The number of ether oxygens (including phenoxy) is 1. The molecular weight excluding hydrogens is 462 g/mol. The van der Waals surface area contributed by atoms with Crippen LogP contribution in [-0.2, 0) is 19.1 Å². The largest absolute Gasteiger partial charge is 0.457 e. The number of rotatable bonds is 13. The molecule has 1 fully saturated rings. The summed E-state index contributed by atoms with van der Waals surface area (Å²) in [5.74, 6) is -2.31. The number of nitrogens with zero attached hydrogens (tertiary/aromatic N) is 1. The first-order valence-corrected chi connectivity index (χ1v) is 12.3. The Hall–Kier alpha value is -3.53. The first-order valence-electron chi connectivity index (χ1n) is 12.3. The van der Waals surface area contributed by atoms with E-state index >= 15 is 0 Å². The Morgan fingerprint density at radius 1 is 1.19 bits per heavy atom. The van der Waals surface area contributed by atoms with E-state index in [0.29, 0.717) is 50.0 Å². The van der Waals surface area contributed by atoms with Gasteiger partial charge in [-0.25, -0.2) is 0 Å². The normalized spacial score (nSPS) is 18.9. The molecule has 0 aromatic heterocycles. The van der Waals surface area contributed by atoms with Crippen LogP contribution in [-0.4, -0.2) is 61.1 Å². The first kappa shape index (κ1) is 28.7. The van der Waals surface area contributed by atoms with Crippen molar-refractivity contribution in [3.05, 3.63) is 47.7 Å². The van der Waals surface area contributed by atoms with Crippen molar-refractivity contribution in [1.82, 2.24) is 10.6 Å². The molecule has 196 valence electrons. The van der Waals surface area contributed by atoms with Crippen molar-refractivity contribution in [2.24, 2.45) is 22.4 Å². The van der Waals surface area contributed by atoms with Crippen LogP contribution in [0.25, 0.3) is 0 Å². The molecule has 0 radical (unpaired) electrons.